The van der Waals surface area contributed by atoms with Crippen LogP contribution in [0.1, 0.15) is 38.2 Å². The maximum absolute atomic E-state index is 10.8. The molecule has 0 unspecified atom stereocenters. The summed E-state index contributed by atoms with van der Waals surface area (Å²) in [5.41, 5.74) is 8.08. The minimum atomic E-state index is -4.02. The molecule has 7 heteroatoms. The molecule has 4 N–H and O–H groups in total. The first kappa shape index (κ1) is 20.6. The van der Waals surface area contributed by atoms with E-state index in [1.54, 1.807) is 12.1 Å². The van der Waals surface area contributed by atoms with Crippen molar-refractivity contribution >= 4 is 16.1 Å². The normalized spacial score (nSPS) is 26.8. The standard InChI is InChI=1S/C12H19NO2.C7H8O3S/c1-2-8-3-9-5-12(7-13,6-11(14)15)10(9)4-8;1-6-2-4-7(5-3-6)11(8,9)10/h4,9-10H,2-3,5-7,13H2,1H3,(H,14,15);2-5H,1H3,(H,8,9,10)/t9-,10-,12-;/m0./s1. The molecule has 0 aliphatic heterocycles. The quantitative estimate of drug-likeness (QED) is 0.533. The average molecular weight is 381 g/mol. The Kier molecular flexibility index (Phi) is 6.26. The molecule has 144 valence electrons. The highest BCUT2D eigenvalue weighted by Crippen LogP contribution is 2.59. The van der Waals surface area contributed by atoms with Crippen LogP contribution < -0.4 is 5.73 Å². The summed E-state index contributed by atoms with van der Waals surface area (Å²) in [5, 5.41) is 8.91. The van der Waals surface area contributed by atoms with E-state index in [1.807, 2.05) is 6.92 Å². The van der Waals surface area contributed by atoms with Crippen LogP contribution in [0, 0.1) is 24.2 Å². The molecule has 1 aromatic carbocycles. The van der Waals surface area contributed by atoms with Crippen molar-refractivity contribution in [3.05, 3.63) is 41.5 Å². The van der Waals surface area contributed by atoms with Gasteiger partial charge in [0.25, 0.3) is 10.1 Å². The second kappa shape index (κ2) is 7.90. The third kappa shape index (κ3) is 4.52. The second-order valence-electron chi connectivity index (χ2n) is 7.30. The number of allylic oxidation sites excluding steroid dienone is 2. The molecule has 0 aromatic heterocycles. The molecule has 0 saturated heterocycles. The molecule has 6 nitrogen and oxygen atoms in total. The topological polar surface area (TPSA) is 118 Å². The monoisotopic (exact) mass is 381 g/mol. The van der Waals surface area contributed by atoms with Gasteiger partial charge in [-0.3, -0.25) is 9.35 Å². The zero-order valence-corrected chi connectivity index (χ0v) is 16.0. The highest BCUT2D eigenvalue weighted by molar-refractivity contribution is 7.85. The van der Waals surface area contributed by atoms with Gasteiger partial charge in [0.05, 0.1) is 11.3 Å². The van der Waals surface area contributed by atoms with Crippen LogP contribution in [0.15, 0.2) is 40.8 Å². The van der Waals surface area contributed by atoms with Crippen molar-refractivity contribution in [2.45, 2.75) is 44.4 Å². The van der Waals surface area contributed by atoms with Crippen LogP contribution in [0.2, 0.25) is 0 Å². The van der Waals surface area contributed by atoms with Gasteiger partial charge in [-0.25, -0.2) is 0 Å². The van der Waals surface area contributed by atoms with E-state index in [2.05, 4.69) is 13.0 Å². The average Bonchev–Trinajstić information content (AvgIpc) is 2.90. The van der Waals surface area contributed by atoms with Crippen LogP contribution in [0.4, 0.5) is 0 Å². The van der Waals surface area contributed by atoms with Gasteiger partial charge in [-0.2, -0.15) is 8.42 Å². The molecular formula is C19H27NO5S. The largest absolute Gasteiger partial charge is 0.481 e. The van der Waals surface area contributed by atoms with Crippen LogP contribution in [0.25, 0.3) is 0 Å². The molecule has 0 bridgehead atoms. The number of carboxylic acid groups (broad SMARTS) is 1. The summed E-state index contributed by atoms with van der Waals surface area (Å²) >= 11 is 0. The number of nitrogens with two attached hydrogens (primary N) is 1. The highest BCUT2D eigenvalue weighted by atomic mass is 32.2. The molecule has 3 atom stereocenters. The molecule has 1 saturated carbocycles. The SMILES string of the molecule is CCC1=C[C@H]2[C@@H](C1)C[C@@]2(CN)CC(=O)O.Cc1ccc(S(=O)(=O)O)cc1. The van der Waals surface area contributed by atoms with E-state index in [0.29, 0.717) is 18.4 Å². The first-order valence-electron chi connectivity index (χ1n) is 8.77. The summed E-state index contributed by atoms with van der Waals surface area (Å²) in [6, 6.07) is 5.99. The number of rotatable bonds is 5. The maximum atomic E-state index is 10.8. The van der Waals surface area contributed by atoms with Crippen molar-refractivity contribution in [2.24, 2.45) is 23.0 Å². The second-order valence-corrected chi connectivity index (χ2v) is 8.72. The van der Waals surface area contributed by atoms with E-state index >= 15 is 0 Å². The van der Waals surface area contributed by atoms with E-state index in [1.165, 1.54) is 24.1 Å². The van der Waals surface area contributed by atoms with E-state index < -0.39 is 16.1 Å². The molecule has 0 heterocycles. The van der Waals surface area contributed by atoms with E-state index in [9.17, 15) is 13.2 Å². The summed E-state index contributed by atoms with van der Waals surface area (Å²) in [5.74, 6) is 0.411. The Hall–Kier alpha value is -1.70. The molecule has 2 aliphatic rings. The number of carboxylic acids is 1. The van der Waals surface area contributed by atoms with Crippen molar-refractivity contribution < 1.29 is 22.9 Å². The van der Waals surface area contributed by atoms with Gasteiger partial charge in [0.15, 0.2) is 0 Å². The Morgan fingerprint density at radius 3 is 2.38 bits per heavy atom. The summed E-state index contributed by atoms with van der Waals surface area (Å²) in [6.45, 7) is 4.51. The van der Waals surface area contributed by atoms with Gasteiger partial charge in [0.1, 0.15) is 0 Å². The van der Waals surface area contributed by atoms with Gasteiger partial charge in [0.2, 0.25) is 0 Å². The third-order valence-electron chi connectivity index (χ3n) is 5.51. The van der Waals surface area contributed by atoms with Crippen LogP contribution in [-0.2, 0) is 14.9 Å². The minimum Gasteiger partial charge on any atom is -0.481 e. The molecule has 0 radical (unpaired) electrons. The lowest BCUT2D eigenvalue weighted by Gasteiger charge is -2.51. The Labute approximate surface area is 154 Å². The third-order valence-corrected chi connectivity index (χ3v) is 6.37. The molecule has 2 aliphatic carbocycles. The van der Waals surface area contributed by atoms with Gasteiger partial charge < -0.3 is 10.8 Å². The summed E-state index contributed by atoms with van der Waals surface area (Å²) in [7, 11) is -4.02. The number of aliphatic carboxylic acids is 1. The summed E-state index contributed by atoms with van der Waals surface area (Å²) in [4.78, 5) is 10.8. The van der Waals surface area contributed by atoms with Gasteiger partial charge in [-0.05, 0) is 62.1 Å². The van der Waals surface area contributed by atoms with Crippen molar-refractivity contribution in [3.8, 4) is 0 Å². The molecule has 26 heavy (non-hydrogen) atoms. The number of fused-ring (bicyclic) bond motifs is 1. The molecule has 1 aromatic rings. The lowest BCUT2D eigenvalue weighted by atomic mass is 9.53. The van der Waals surface area contributed by atoms with E-state index in [0.717, 1.165) is 18.4 Å². The Bertz CT molecular complexity index is 785. The number of aryl methyl sites for hydroxylation is 1. The summed E-state index contributed by atoms with van der Waals surface area (Å²) in [6.07, 6.45) is 5.80. The number of benzene rings is 1. The lowest BCUT2D eigenvalue weighted by Crippen LogP contribution is -2.51. The minimum absolute atomic E-state index is 0.0666. The zero-order valence-electron chi connectivity index (χ0n) is 15.2. The van der Waals surface area contributed by atoms with Crippen LogP contribution in [0.5, 0.6) is 0 Å². The van der Waals surface area contributed by atoms with Gasteiger partial charge in [0, 0.05) is 0 Å². The lowest BCUT2D eigenvalue weighted by molar-refractivity contribution is -0.144. The van der Waals surface area contributed by atoms with E-state index in [4.69, 9.17) is 15.4 Å². The predicted molar refractivity (Wildman–Crippen MR) is 99.3 cm³/mol. The first-order valence-corrected chi connectivity index (χ1v) is 10.2. The predicted octanol–water partition coefficient (Wildman–Crippen LogP) is 3.02. The summed E-state index contributed by atoms with van der Waals surface area (Å²) < 4.78 is 29.6. The van der Waals surface area contributed by atoms with Crippen molar-refractivity contribution in [3.63, 3.8) is 0 Å². The van der Waals surface area contributed by atoms with Gasteiger partial charge in [-0.15, -0.1) is 0 Å². The van der Waals surface area contributed by atoms with Crippen molar-refractivity contribution in [2.75, 3.05) is 6.54 Å². The van der Waals surface area contributed by atoms with Crippen LogP contribution in [-0.4, -0.2) is 30.6 Å². The van der Waals surface area contributed by atoms with Gasteiger partial charge >= 0.3 is 5.97 Å². The number of hydrogen-bond donors (Lipinski definition) is 3. The van der Waals surface area contributed by atoms with Crippen LogP contribution in [0.3, 0.4) is 0 Å². The van der Waals surface area contributed by atoms with Crippen molar-refractivity contribution in [1.82, 2.24) is 0 Å². The molecule has 1 fully saturated rings. The molecule has 0 spiro atoms. The fourth-order valence-corrected chi connectivity index (χ4v) is 4.53. The zero-order chi connectivity index (χ0) is 19.5. The number of hydrogen-bond acceptors (Lipinski definition) is 4. The highest BCUT2D eigenvalue weighted by Gasteiger charge is 2.54. The number of carbonyl (C=O) groups is 1. The Morgan fingerprint density at radius 1 is 1.31 bits per heavy atom. The smallest absolute Gasteiger partial charge is 0.303 e. The fraction of sp³-hybridized carbons (Fsp3) is 0.526. The maximum Gasteiger partial charge on any atom is 0.303 e. The fourth-order valence-electron chi connectivity index (χ4n) is 4.05. The van der Waals surface area contributed by atoms with E-state index in [-0.39, 0.29) is 16.7 Å². The Morgan fingerprint density at radius 2 is 1.92 bits per heavy atom. The molecule has 3 rings (SSSR count). The Balaban J connectivity index is 0.000000197. The molecular weight excluding hydrogens is 354 g/mol. The van der Waals surface area contributed by atoms with Gasteiger partial charge in [-0.1, -0.05) is 36.3 Å². The van der Waals surface area contributed by atoms with Crippen LogP contribution >= 0.6 is 0 Å². The first-order chi connectivity index (χ1) is 12.1. The van der Waals surface area contributed by atoms with Crippen molar-refractivity contribution in [1.29, 1.82) is 0 Å². The molecule has 0 amide bonds.